The van der Waals surface area contributed by atoms with Gasteiger partial charge in [-0.15, -0.1) is 11.5 Å². The zero-order valence-electron chi connectivity index (χ0n) is 20.8. The Morgan fingerprint density at radius 1 is 0.906 bits per heavy atom. The number of carbonyl (C=O) groups is 1. The van der Waals surface area contributed by atoms with E-state index in [9.17, 15) is 4.79 Å². The SMILES string of the molecule is CC(C)(C)OC(=O)[C@H](CC#C[Si](C)(C)C(C)(C)C)N=C(c1ccccc1)c1ccccc1. The first-order valence-corrected chi connectivity index (χ1v) is 14.2. The highest BCUT2D eigenvalue weighted by atomic mass is 28.3. The normalized spacial score (nSPS) is 12.9. The summed E-state index contributed by atoms with van der Waals surface area (Å²) in [7, 11) is -1.78. The number of nitrogens with zero attached hydrogens (tertiary/aromatic N) is 1. The summed E-state index contributed by atoms with van der Waals surface area (Å²) < 4.78 is 5.72. The topological polar surface area (TPSA) is 38.7 Å². The molecule has 32 heavy (non-hydrogen) atoms. The van der Waals surface area contributed by atoms with Crippen LogP contribution in [0.2, 0.25) is 18.1 Å². The van der Waals surface area contributed by atoms with Gasteiger partial charge in [-0.25, -0.2) is 4.79 Å². The molecule has 0 fully saturated rings. The third kappa shape index (κ3) is 7.49. The van der Waals surface area contributed by atoms with Gasteiger partial charge in [0.05, 0.1) is 5.71 Å². The molecule has 0 amide bonds. The lowest BCUT2D eigenvalue weighted by atomic mass is 10.0. The Morgan fingerprint density at radius 3 is 1.78 bits per heavy atom. The van der Waals surface area contributed by atoms with Gasteiger partial charge in [0.1, 0.15) is 13.7 Å². The molecule has 1 atom stereocenters. The van der Waals surface area contributed by atoms with E-state index in [1.54, 1.807) is 0 Å². The van der Waals surface area contributed by atoms with Crippen molar-refractivity contribution < 1.29 is 9.53 Å². The maximum Gasteiger partial charge on any atom is 0.332 e. The molecule has 0 spiro atoms. The van der Waals surface area contributed by atoms with Gasteiger partial charge in [-0.1, -0.05) is 94.5 Å². The van der Waals surface area contributed by atoms with E-state index in [2.05, 4.69) is 45.3 Å². The van der Waals surface area contributed by atoms with Crippen molar-refractivity contribution in [2.45, 2.75) is 77.7 Å². The number of carbonyl (C=O) groups excluding carboxylic acids is 1. The van der Waals surface area contributed by atoms with Crippen LogP contribution in [-0.4, -0.2) is 31.4 Å². The molecule has 2 rings (SSSR count). The van der Waals surface area contributed by atoms with Gasteiger partial charge in [0.25, 0.3) is 0 Å². The molecule has 0 aromatic heterocycles. The van der Waals surface area contributed by atoms with Crippen molar-refractivity contribution in [3.05, 3.63) is 71.8 Å². The highest BCUT2D eigenvalue weighted by molar-refractivity contribution is 6.87. The van der Waals surface area contributed by atoms with Crippen molar-refractivity contribution in [2.75, 3.05) is 0 Å². The Kier molecular flexibility index (Phi) is 8.26. The van der Waals surface area contributed by atoms with E-state index >= 15 is 0 Å². The number of aliphatic imine (C=N–C) groups is 1. The van der Waals surface area contributed by atoms with Gasteiger partial charge >= 0.3 is 5.97 Å². The molecule has 0 saturated carbocycles. The lowest BCUT2D eigenvalue weighted by molar-refractivity contribution is -0.156. The molecule has 0 heterocycles. The zero-order valence-corrected chi connectivity index (χ0v) is 21.8. The predicted octanol–water partition coefficient (Wildman–Crippen LogP) is 6.68. The van der Waals surface area contributed by atoms with Crippen molar-refractivity contribution in [3.63, 3.8) is 0 Å². The largest absolute Gasteiger partial charge is 0.458 e. The van der Waals surface area contributed by atoms with Gasteiger partial charge < -0.3 is 4.74 Å². The molecule has 0 bridgehead atoms. The van der Waals surface area contributed by atoms with Crippen LogP contribution in [0.5, 0.6) is 0 Å². The number of ether oxygens (including phenoxy) is 1. The highest BCUT2D eigenvalue weighted by Crippen LogP contribution is 2.35. The van der Waals surface area contributed by atoms with E-state index in [0.29, 0.717) is 6.42 Å². The van der Waals surface area contributed by atoms with Crippen LogP contribution in [0.15, 0.2) is 65.7 Å². The van der Waals surface area contributed by atoms with E-state index in [0.717, 1.165) is 16.8 Å². The lowest BCUT2D eigenvalue weighted by Crippen LogP contribution is -2.36. The number of rotatable bonds is 5. The monoisotopic (exact) mass is 447 g/mol. The average molecular weight is 448 g/mol. The second-order valence-electron chi connectivity index (χ2n) is 10.6. The van der Waals surface area contributed by atoms with E-state index in [1.165, 1.54) is 0 Å². The Labute approximate surface area is 195 Å². The summed E-state index contributed by atoms with van der Waals surface area (Å²) in [6.07, 6.45) is 0.338. The quantitative estimate of drug-likeness (QED) is 0.222. The molecule has 2 aromatic rings. The molecule has 4 heteroatoms. The first-order chi connectivity index (χ1) is 14.8. The summed E-state index contributed by atoms with van der Waals surface area (Å²) in [6.45, 7) is 16.9. The summed E-state index contributed by atoms with van der Waals surface area (Å²) in [5.74, 6) is 2.97. The molecule has 0 saturated heterocycles. The van der Waals surface area contributed by atoms with Crippen molar-refractivity contribution in [2.24, 2.45) is 4.99 Å². The van der Waals surface area contributed by atoms with Crippen LogP contribution in [-0.2, 0) is 9.53 Å². The zero-order chi connectivity index (χ0) is 24.0. The predicted molar refractivity (Wildman–Crippen MR) is 138 cm³/mol. The van der Waals surface area contributed by atoms with Crippen LogP contribution in [0.25, 0.3) is 0 Å². The Morgan fingerprint density at radius 2 is 1.38 bits per heavy atom. The van der Waals surface area contributed by atoms with Crippen LogP contribution >= 0.6 is 0 Å². The Balaban J connectivity index is 2.51. The standard InChI is InChI=1S/C28H37NO2Si/c1-27(2,3)31-26(30)24(20-15-21-32(7,8)28(4,5)6)29-25(22-16-11-9-12-17-22)23-18-13-10-14-19-23/h9-14,16-19,24H,20H2,1-8H3/t24-/m0/s1. The molecule has 170 valence electrons. The van der Waals surface area contributed by atoms with Crippen LogP contribution in [0.1, 0.15) is 59.1 Å². The van der Waals surface area contributed by atoms with E-state index in [4.69, 9.17) is 9.73 Å². The van der Waals surface area contributed by atoms with Gasteiger partial charge in [-0.3, -0.25) is 4.99 Å². The second-order valence-corrected chi connectivity index (χ2v) is 15.6. The number of esters is 1. The molecule has 0 aliphatic heterocycles. The first-order valence-electron chi connectivity index (χ1n) is 11.2. The molecule has 0 unspecified atom stereocenters. The second kappa shape index (κ2) is 10.3. The van der Waals surface area contributed by atoms with E-state index < -0.39 is 19.7 Å². The summed E-state index contributed by atoms with van der Waals surface area (Å²) >= 11 is 0. The highest BCUT2D eigenvalue weighted by Gasteiger charge is 2.34. The van der Waals surface area contributed by atoms with Gasteiger partial charge in [-0.05, 0) is 25.8 Å². The molecule has 0 radical (unpaired) electrons. The van der Waals surface area contributed by atoms with E-state index in [-0.39, 0.29) is 11.0 Å². The molecule has 2 aromatic carbocycles. The van der Waals surface area contributed by atoms with Crippen LogP contribution in [0, 0.1) is 11.5 Å². The maximum atomic E-state index is 13.1. The third-order valence-electron chi connectivity index (χ3n) is 5.63. The third-order valence-corrected chi connectivity index (χ3v) is 10.2. The van der Waals surface area contributed by atoms with Crippen LogP contribution in [0.4, 0.5) is 0 Å². The van der Waals surface area contributed by atoms with Crippen LogP contribution < -0.4 is 0 Å². The Bertz CT molecular complexity index is 943. The molecular formula is C28H37NO2Si. The lowest BCUT2D eigenvalue weighted by Gasteiger charge is -2.31. The minimum absolute atomic E-state index is 0.157. The minimum atomic E-state index is -1.78. The fraction of sp³-hybridized carbons (Fsp3) is 0.429. The summed E-state index contributed by atoms with van der Waals surface area (Å²) in [6, 6.07) is 19.2. The molecule has 0 aliphatic rings. The fourth-order valence-electron chi connectivity index (χ4n) is 2.77. The van der Waals surface area contributed by atoms with Gasteiger partial charge in [0, 0.05) is 17.5 Å². The number of hydrogen-bond donors (Lipinski definition) is 0. The van der Waals surface area contributed by atoms with Crippen molar-refractivity contribution >= 4 is 19.8 Å². The van der Waals surface area contributed by atoms with Crippen molar-refractivity contribution in [3.8, 4) is 11.5 Å². The molecular weight excluding hydrogens is 410 g/mol. The smallest absolute Gasteiger partial charge is 0.332 e. The van der Waals surface area contributed by atoms with Gasteiger partial charge in [0.2, 0.25) is 0 Å². The molecule has 3 nitrogen and oxygen atoms in total. The number of benzene rings is 2. The summed E-state index contributed by atoms with van der Waals surface area (Å²) in [4.78, 5) is 18.1. The van der Waals surface area contributed by atoms with Crippen molar-refractivity contribution in [1.29, 1.82) is 0 Å². The summed E-state index contributed by atoms with van der Waals surface area (Å²) in [5, 5.41) is 0.157. The van der Waals surface area contributed by atoms with Crippen molar-refractivity contribution in [1.82, 2.24) is 0 Å². The van der Waals surface area contributed by atoms with Gasteiger partial charge in [-0.2, -0.15) is 0 Å². The summed E-state index contributed by atoms with van der Waals surface area (Å²) in [5.41, 5.74) is 5.63. The minimum Gasteiger partial charge on any atom is -0.458 e. The number of hydrogen-bond acceptors (Lipinski definition) is 3. The van der Waals surface area contributed by atoms with Crippen LogP contribution in [0.3, 0.4) is 0 Å². The fourth-order valence-corrected chi connectivity index (χ4v) is 3.69. The maximum absolute atomic E-state index is 13.1. The Hall–Kier alpha value is -2.64. The van der Waals surface area contributed by atoms with E-state index in [1.807, 2.05) is 81.4 Å². The van der Waals surface area contributed by atoms with Gasteiger partial charge in [0.15, 0.2) is 6.04 Å². The first kappa shape index (κ1) is 25.6. The molecule has 0 aliphatic carbocycles. The molecule has 0 N–H and O–H groups in total. The average Bonchev–Trinajstić information content (AvgIpc) is 2.69.